The van der Waals surface area contributed by atoms with Crippen LogP contribution in [0.1, 0.15) is 6.92 Å². The molecule has 9 nitrogen and oxygen atoms in total. The number of benzene rings is 2. The van der Waals surface area contributed by atoms with Crippen molar-refractivity contribution in [3.63, 3.8) is 0 Å². The van der Waals surface area contributed by atoms with Crippen LogP contribution in [0, 0.1) is 5.21 Å². The van der Waals surface area contributed by atoms with Gasteiger partial charge in [-0.2, -0.15) is 0 Å². The summed E-state index contributed by atoms with van der Waals surface area (Å²) in [7, 11) is -2.72. The van der Waals surface area contributed by atoms with Crippen LogP contribution in [0.5, 0.6) is 0 Å². The van der Waals surface area contributed by atoms with Crippen LogP contribution in [0.4, 0.5) is 11.4 Å². The standard InChI is InChI=1S/C17H18N4O5S/c1-13-20(17(22)12-19(23)18-26-2)15-10-6-7-11-16(15)21(13)27(24,25)14-8-4-3-5-9-14/h3-11,13H,12H2,1-2H3/b19-18-. The lowest BCUT2D eigenvalue weighted by Crippen LogP contribution is -2.48. The molecule has 1 atom stereocenters. The van der Waals surface area contributed by atoms with Gasteiger partial charge in [0.25, 0.3) is 22.5 Å². The first-order valence-electron chi connectivity index (χ1n) is 8.07. The average molecular weight is 390 g/mol. The van der Waals surface area contributed by atoms with Gasteiger partial charge in [-0.1, -0.05) is 30.3 Å². The molecule has 10 heteroatoms. The van der Waals surface area contributed by atoms with Crippen LogP contribution in [-0.2, 0) is 19.7 Å². The van der Waals surface area contributed by atoms with E-state index in [2.05, 4.69) is 10.1 Å². The van der Waals surface area contributed by atoms with E-state index in [0.717, 1.165) is 0 Å². The number of hydrogen-bond acceptors (Lipinski definition) is 6. The van der Waals surface area contributed by atoms with Gasteiger partial charge in [0.2, 0.25) is 0 Å². The smallest absolute Gasteiger partial charge is 0.298 e. The van der Waals surface area contributed by atoms with E-state index in [4.69, 9.17) is 0 Å². The number of carbonyl (C=O) groups excluding carboxylic acids is 1. The fourth-order valence-corrected chi connectivity index (χ4v) is 4.69. The number of amides is 1. The van der Waals surface area contributed by atoms with E-state index in [0.29, 0.717) is 11.4 Å². The minimum Gasteiger partial charge on any atom is -0.597 e. The predicted molar refractivity (Wildman–Crippen MR) is 97.4 cm³/mol. The van der Waals surface area contributed by atoms with Crippen LogP contribution in [0.25, 0.3) is 0 Å². The van der Waals surface area contributed by atoms with Crippen LogP contribution in [0.2, 0.25) is 0 Å². The largest absolute Gasteiger partial charge is 0.597 e. The number of sulfonamides is 1. The Bertz CT molecular complexity index is 978. The molecule has 1 amide bonds. The van der Waals surface area contributed by atoms with Crippen LogP contribution in [0.15, 0.2) is 64.8 Å². The summed E-state index contributed by atoms with van der Waals surface area (Å²) in [6.45, 7) is 0.979. The van der Waals surface area contributed by atoms with Gasteiger partial charge in [0, 0.05) is 0 Å². The van der Waals surface area contributed by atoms with Crippen molar-refractivity contribution in [3.05, 3.63) is 59.8 Å². The topological polar surface area (TPSA) is 105 Å². The quantitative estimate of drug-likeness (QED) is 0.442. The zero-order valence-corrected chi connectivity index (χ0v) is 15.5. The van der Waals surface area contributed by atoms with Crippen molar-refractivity contribution in [2.45, 2.75) is 18.0 Å². The third-order valence-electron chi connectivity index (χ3n) is 4.10. The van der Waals surface area contributed by atoms with E-state index in [-0.39, 0.29) is 9.76 Å². The van der Waals surface area contributed by atoms with E-state index in [1.54, 1.807) is 49.4 Å². The molecule has 0 saturated carbocycles. The molecule has 142 valence electrons. The molecule has 0 saturated heterocycles. The maximum Gasteiger partial charge on any atom is 0.298 e. The molecule has 27 heavy (non-hydrogen) atoms. The summed E-state index contributed by atoms with van der Waals surface area (Å²) in [4.78, 5) is 18.5. The number of nitrogens with zero attached hydrogens (tertiary/aromatic N) is 4. The monoisotopic (exact) mass is 390 g/mol. The predicted octanol–water partition coefficient (Wildman–Crippen LogP) is 2.10. The normalized spacial score (nSPS) is 17.0. The molecule has 0 radical (unpaired) electrons. The second kappa shape index (κ2) is 7.23. The van der Waals surface area contributed by atoms with Crippen LogP contribution < -0.4 is 9.21 Å². The minimum absolute atomic E-state index is 0.103. The van der Waals surface area contributed by atoms with E-state index in [1.165, 1.54) is 28.4 Å². The number of rotatable bonds is 5. The lowest BCUT2D eigenvalue weighted by atomic mass is 10.2. The van der Waals surface area contributed by atoms with E-state index in [9.17, 15) is 18.4 Å². The highest BCUT2D eigenvalue weighted by atomic mass is 32.2. The number of anilines is 2. The molecule has 0 spiro atoms. The molecule has 3 rings (SSSR count). The highest BCUT2D eigenvalue weighted by Crippen LogP contribution is 2.42. The Balaban J connectivity index is 2.04. The Morgan fingerprint density at radius 2 is 1.74 bits per heavy atom. The number of para-hydroxylation sites is 2. The van der Waals surface area contributed by atoms with Gasteiger partial charge in [-0.05, 0) is 36.0 Å². The van der Waals surface area contributed by atoms with Crippen molar-refractivity contribution in [1.82, 2.24) is 0 Å². The maximum atomic E-state index is 13.2. The highest BCUT2D eigenvalue weighted by Gasteiger charge is 2.43. The Kier molecular flexibility index (Phi) is 5.00. The molecule has 0 fully saturated rings. The lowest BCUT2D eigenvalue weighted by Gasteiger charge is -2.27. The zero-order valence-electron chi connectivity index (χ0n) is 14.7. The number of fused-ring (bicyclic) bond motifs is 1. The van der Waals surface area contributed by atoms with Gasteiger partial charge in [-0.25, -0.2) is 12.7 Å². The Hall–Kier alpha value is -3.14. The SMILES string of the molecule is CO/N=[N+](\[O-])CC(=O)N1c2ccccc2N(S(=O)(=O)c2ccccc2)C1C. The molecular formula is C17H18N4O5S. The van der Waals surface area contributed by atoms with Gasteiger partial charge in [0.15, 0.2) is 5.28 Å². The molecule has 2 aromatic rings. The van der Waals surface area contributed by atoms with Crippen molar-refractivity contribution in [2.75, 3.05) is 22.9 Å². The fourth-order valence-electron chi connectivity index (χ4n) is 3.05. The Morgan fingerprint density at radius 3 is 2.37 bits per heavy atom. The molecule has 1 unspecified atom stereocenters. The molecule has 1 aliphatic heterocycles. The summed E-state index contributed by atoms with van der Waals surface area (Å²) in [6.07, 6.45) is -0.851. The van der Waals surface area contributed by atoms with Crippen LogP contribution >= 0.6 is 0 Å². The van der Waals surface area contributed by atoms with Crippen molar-refractivity contribution in [2.24, 2.45) is 5.28 Å². The van der Waals surface area contributed by atoms with Crippen molar-refractivity contribution in [3.8, 4) is 0 Å². The number of hydroxylamine groups is 1. The van der Waals surface area contributed by atoms with Crippen LogP contribution in [-0.4, -0.2) is 39.0 Å². The second-order valence-electron chi connectivity index (χ2n) is 5.77. The summed E-state index contributed by atoms with van der Waals surface area (Å²) in [5.74, 6) is -0.600. The van der Waals surface area contributed by atoms with Gasteiger partial charge < -0.3 is 10.0 Å². The Morgan fingerprint density at radius 1 is 1.15 bits per heavy atom. The molecule has 1 heterocycles. The summed E-state index contributed by atoms with van der Waals surface area (Å²) < 4.78 is 27.5. The number of carbonyl (C=O) groups is 1. The van der Waals surface area contributed by atoms with Crippen molar-refractivity contribution in [1.29, 1.82) is 0 Å². The minimum atomic E-state index is -3.91. The zero-order chi connectivity index (χ0) is 19.6. The van der Waals surface area contributed by atoms with Crippen molar-refractivity contribution >= 4 is 27.3 Å². The summed E-state index contributed by atoms with van der Waals surface area (Å²) in [6, 6.07) is 14.6. The highest BCUT2D eigenvalue weighted by molar-refractivity contribution is 7.93. The average Bonchev–Trinajstić information content (AvgIpc) is 2.95. The fraction of sp³-hybridized carbons (Fsp3) is 0.235. The summed E-state index contributed by atoms with van der Waals surface area (Å²) in [5.41, 5.74) is 0.767. The van der Waals surface area contributed by atoms with Gasteiger partial charge in [-0.3, -0.25) is 9.69 Å². The van der Waals surface area contributed by atoms with Crippen molar-refractivity contribution < 1.29 is 22.9 Å². The Labute approximate surface area is 156 Å². The third-order valence-corrected chi connectivity index (χ3v) is 5.99. The molecule has 2 aromatic carbocycles. The lowest BCUT2D eigenvalue weighted by molar-refractivity contribution is -0.546. The van der Waals surface area contributed by atoms with E-state index >= 15 is 0 Å². The van der Waals surface area contributed by atoms with Gasteiger partial charge >= 0.3 is 0 Å². The third kappa shape index (κ3) is 3.31. The van der Waals surface area contributed by atoms with E-state index in [1.807, 2.05) is 0 Å². The molecule has 1 aliphatic rings. The van der Waals surface area contributed by atoms with Gasteiger partial charge in [0.1, 0.15) is 13.3 Å². The molecule has 0 aliphatic carbocycles. The molecule has 0 aromatic heterocycles. The first kappa shape index (κ1) is 18.6. The van der Waals surface area contributed by atoms with Gasteiger partial charge in [-0.15, -0.1) is 0 Å². The molecule has 0 bridgehead atoms. The van der Waals surface area contributed by atoms with Crippen LogP contribution in [0.3, 0.4) is 0 Å². The summed E-state index contributed by atoms with van der Waals surface area (Å²) >= 11 is 0. The molecule has 0 N–H and O–H groups in total. The summed E-state index contributed by atoms with van der Waals surface area (Å²) in [5, 5.41) is 14.7. The number of hydrogen-bond donors (Lipinski definition) is 0. The first-order chi connectivity index (χ1) is 12.9. The maximum absolute atomic E-state index is 13.2. The van der Waals surface area contributed by atoms with Gasteiger partial charge in [0.05, 0.1) is 16.3 Å². The van der Waals surface area contributed by atoms with E-state index < -0.39 is 28.6 Å². The first-order valence-corrected chi connectivity index (χ1v) is 9.51. The molecular weight excluding hydrogens is 372 g/mol. The second-order valence-corrected chi connectivity index (χ2v) is 7.59.